The van der Waals surface area contributed by atoms with E-state index in [1.807, 2.05) is 24.0 Å². The van der Waals surface area contributed by atoms with Crippen LogP contribution in [0.4, 0.5) is 5.69 Å². The first-order valence-corrected chi connectivity index (χ1v) is 12.5. The summed E-state index contributed by atoms with van der Waals surface area (Å²) in [6, 6.07) is 15.9. The molecule has 4 rings (SSSR count). The van der Waals surface area contributed by atoms with Crippen LogP contribution in [0.15, 0.2) is 48.5 Å². The second-order valence-corrected chi connectivity index (χ2v) is 10.7. The standard InChI is InChI=1S/C24H30N2O3S/c1-3-30(28,29)26-18(2)15-22-17-21(9-10-23(22)26)24(27)25-13-11-20(12-14-25)16-19-7-5-4-6-8-19/h4-10,17-18,20H,3,11-16H2,1-2H3/t18-/m1/s1. The van der Waals surface area contributed by atoms with Crippen LogP contribution in [0.1, 0.15) is 48.2 Å². The van der Waals surface area contributed by atoms with Crippen LogP contribution in [0, 0.1) is 5.92 Å². The van der Waals surface area contributed by atoms with Gasteiger partial charge in [0.2, 0.25) is 10.0 Å². The Balaban J connectivity index is 1.42. The van der Waals surface area contributed by atoms with E-state index in [1.54, 1.807) is 19.1 Å². The van der Waals surface area contributed by atoms with Crippen LogP contribution >= 0.6 is 0 Å². The molecule has 0 aliphatic carbocycles. The lowest BCUT2D eigenvalue weighted by Gasteiger charge is -2.32. The van der Waals surface area contributed by atoms with Crippen molar-refractivity contribution in [3.63, 3.8) is 0 Å². The fourth-order valence-electron chi connectivity index (χ4n) is 4.77. The molecule has 30 heavy (non-hydrogen) atoms. The smallest absolute Gasteiger partial charge is 0.253 e. The lowest BCUT2D eigenvalue weighted by Crippen LogP contribution is -2.39. The van der Waals surface area contributed by atoms with Crippen molar-refractivity contribution in [3.8, 4) is 0 Å². The summed E-state index contributed by atoms with van der Waals surface area (Å²) in [5.74, 6) is 0.751. The summed E-state index contributed by atoms with van der Waals surface area (Å²) in [4.78, 5) is 15.0. The number of rotatable bonds is 5. The highest BCUT2D eigenvalue weighted by molar-refractivity contribution is 7.92. The molecule has 0 unspecified atom stereocenters. The maximum Gasteiger partial charge on any atom is 0.253 e. The van der Waals surface area contributed by atoms with Gasteiger partial charge in [-0.1, -0.05) is 30.3 Å². The third kappa shape index (κ3) is 4.10. The van der Waals surface area contributed by atoms with Crippen LogP contribution in [-0.4, -0.2) is 44.1 Å². The van der Waals surface area contributed by atoms with E-state index < -0.39 is 10.0 Å². The zero-order valence-electron chi connectivity index (χ0n) is 17.8. The molecule has 2 heterocycles. The molecule has 0 radical (unpaired) electrons. The van der Waals surface area contributed by atoms with Crippen molar-refractivity contribution in [1.82, 2.24) is 4.90 Å². The van der Waals surface area contributed by atoms with Gasteiger partial charge in [0.25, 0.3) is 5.91 Å². The molecular weight excluding hydrogens is 396 g/mol. The quantitative estimate of drug-likeness (QED) is 0.729. The van der Waals surface area contributed by atoms with E-state index in [1.165, 1.54) is 9.87 Å². The summed E-state index contributed by atoms with van der Waals surface area (Å²) in [5, 5.41) is 0. The average molecular weight is 427 g/mol. The molecule has 1 atom stereocenters. The summed E-state index contributed by atoms with van der Waals surface area (Å²) in [7, 11) is -3.31. The van der Waals surface area contributed by atoms with Crippen molar-refractivity contribution in [3.05, 3.63) is 65.2 Å². The Bertz CT molecular complexity index is 1010. The first-order valence-electron chi connectivity index (χ1n) is 10.9. The van der Waals surface area contributed by atoms with Crippen LogP contribution in [0.25, 0.3) is 0 Å². The Kier molecular flexibility index (Phi) is 5.87. The number of carbonyl (C=O) groups is 1. The van der Waals surface area contributed by atoms with Crippen LogP contribution < -0.4 is 4.31 Å². The second kappa shape index (κ2) is 8.42. The number of nitrogens with zero attached hydrogens (tertiary/aromatic N) is 2. The number of sulfonamides is 1. The molecular formula is C24H30N2O3S. The Labute approximate surface area is 179 Å². The van der Waals surface area contributed by atoms with Gasteiger partial charge in [0.05, 0.1) is 11.4 Å². The monoisotopic (exact) mass is 426 g/mol. The van der Waals surface area contributed by atoms with E-state index >= 15 is 0 Å². The average Bonchev–Trinajstić information content (AvgIpc) is 3.10. The predicted octanol–water partition coefficient (Wildman–Crippen LogP) is 3.88. The first-order chi connectivity index (χ1) is 14.4. The SMILES string of the molecule is CCS(=O)(=O)N1c2ccc(C(=O)N3CCC(Cc4ccccc4)CC3)cc2C[C@H]1C. The summed E-state index contributed by atoms with van der Waals surface area (Å²) in [6.07, 6.45) is 3.76. The van der Waals surface area contributed by atoms with Crippen LogP contribution in [0.2, 0.25) is 0 Å². The number of fused-ring (bicyclic) bond motifs is 1. The van der Waals surface area contributed by atoms with Gasteiger partial charge in [0, 0.05) is 24.7 Å². The topological polar surface area (TPSA) is 57.7 Å². The van der Waals surface area contributed by atoms with Gasteiger partial charge >= 0.3 is 0 Å². The Morgan fingerprint density at radius 3 is 2.43 bits per heavy atom. The highest BCUT2D eigenvalue weighted by atomic mass is 32.2. The third-order valence-electron chi connectivity index (χ3n) is 6.41. The minimum absolute atomic E-state index is 0.0559. The molecule has 1 amide bonds. The zero-order valence-corrected chi connectivity index (χ0v) is 18.6. The van der Waals surface area contributed by atoms with Gasteiger partial charge in [-0.05, 0) is 74.8 Å². The molecule has 0 saturated carbocycles. The maximum absolute atomic E-state index is 13.1. The molecule has 6 heteroatoms. The summed E-state index contributed by atoms with van der Waals surface area (Å²) in [5.41, 5.74) is 3.70. The normalized spacial score (nSPS) is 19.7. The highest BCUT2D eigenvalue weighted by Gasteiger charge is 2.34. The lowest BCUT2D eigenvalue weighted by molar-refractivity contribution is 0.0690. The summed E-state index contributed by atoms with van der Waals surface area (Å²) in [6.45, 7) is 5.14. The largest absolute Gasteiger partial charge is 0.339 e. The van der Waals surface area contributed by atoms with Crippen molar-refractivity contribution in [2.45, 2.75) is 45.6 Å². The minimum atomic E-state index is -3.31. The number of amides is 1. The van der Waals surface area contributed by atoms with Crippen molar-refractivity contribution >= 4 is 21.6 Å². The van der Waals surface area contributed by atoms with Gasteiger partial charge in [0.1, 0.15) is 0 Å². The maximum atomic E-state index is 13.1. The van der Waals surface area contributed by atoms with E-state index in [0.29, 0.717) is 17.9 Å². The molecule has 0 spiro atoms. The first kappa shape index (κ1) is 20.9. The number of benzene rings is 2. The number of carbonyl (C=O) groups excluding carboxylic acids is 1. The van der Waals surface area contributed by atoms with Crippen LogP contribution in [-0.2, 0) is 22.9 Å². The zero-order chi connectivity index (χ0) is 21.3. The van der Waals surface area contributed by atoms with Gasteiger partial charge < -0.3 is 4.90 Å². The van der Waals surface area contributed by atoms with Crippen LogP contribution in [0.3, 0.4) is 0 Å². The van der Waals surface area contributed by atoms with Gasteiger partial charge in [0.15, 0.2) is 0 Å². The van der Waals surface area contributed by atoms with Crippen molar-refractivity contribution in [2.24, 2.45) is 5.92 Å². The van der Waals surface area contributed by atoms with Gasteiger partial charge in [-0.25, -0.2) is 8.42 Å². The fraction of sp³-hybridized carbons (Fsp3) is 0.458. The minimum Gasteiger partial charge on any atom is -0.339 e. The van der Waals surface area contributed by atoms with Gasteiger partial charge in [-0.15, -0.1) is 0 Å². The van der Waals surface area contributed by atoms with Crippen molar-refractivity contribution in [1.29, 1.82) is 0 Å². The number of anilines is 1. The number of piperidine rings is 1. The van der Waals surface area contributed by atoms with E-state index in [9.17, 15) is 13.2 Å². The van der Waals surface area contributed by atoms with Gasteiger partial charge in [-0.2, -0.15) is 0 Å². The van der Waals surface area contributed by atoms with Crippen molar-refractivity contribution in [2.75, 3.05) is 23.1 Å². The molecule has 0 aromatic heterocycles. The summed E-state index contributed by atoms with van der Waals surface area (Å²) < 4.78 is 26.4. The van der Waals surface area contributed by atoms with E-state index in [0.717, 1.165) is 43.6 Å². The Morgan fingerprint density at radius 1 is 1.07 bits per heavy atom. The molecule has 2 aromatic rings. The molecule has 1 fully saturated rings. The number of hydrogen-bond donors (Lipinski definition) is 0. The van der Waals surface area contributed by atoms with Crippen LogP contribution in [0.5, 0.6) is 0 Å². The molecule has 1 saturated heterocycles. The van der Waals surface area contributed by atoms with E-state index in [4.69, 9.17) is 0 Å². The summed E-state index contributed by atoms with van der Waals surface area (Å²) >= 11 is 0. The number of likely N-dealkylation sites (tertiary alicyclic amines) is 1. The lowest BCUT2D eigenvalue weighted by atomic mass is 9.90. The third-order valence-corrected chi connectivity index (χ3v) is 8.30. The fourth-order valence-corrected chi connectivity index (χ4v) is 6.15. The molecule has 5 nitrogen and oxygen atoms in total. The van der Waals surface area contributed by atoms with Crippen molar-refractivity contribution < 1.29 is 13.2 Å². The Morgan fingerprint density at radius 2 is 1.77 bits per heavy atom. The van der Waals surface area contributed by atoms with E-state index in [-0.39, 0.29) is 17.7 Å². The van der Waals surface area contributed by atoms with Gasteiger partial charge in [-0.3, -0.25) is 9.10 Å². The molecule has 2 aliphatic heterocycles. The molecule has 160 valence electrons. The highest BCUT2D eigenvalue weighted by Crippen LogP contribution is 2.35. The molecule has 0 N–H and O–H groups in total. The molecule has 0 bridgehead atoms. The predicted molar refractivity (Wildman–Crippen MR) is 120 cm³/mol. The second-order valence-electron chi connectivity index (χ2n) is 8.52. The number of hydrogen-bond acceptors (Lipinski definition) is 3. The molecule has 2 aromatic carbocycles. The van der Waals surface area contributed by atoms with E-state index in [2.05, 4.69) is 24.3 Å². The Hall–Kier alpha value is -2.34. The molecule has 2 aliphatic rings.